The molecule has 1 saturated heterocycles. The first kappa shape index (κ1) is 11.6. The molecule has 1 heterocycles. The van der Waals surface area contributed by atoms with Gasteiger partial charge in [0.2, 0.25) is 11.8 Å². The zero-order valence-corrected chi connectivity index (χ0v) is 10.0. The number of piperazine rings is 1. The van der Waals surface area contributed by atoms with Crippen molar-refractivity contribution in [2.45, 2.75) is 32.4 Å². The summed E-state index contributed by atoms with van der Waals surface area (Å²) in [4.78, 5) is 25.6. The van der Waals surface area contributed by atoms with E-state index in [4.69, 9.17) is 0 Å². The molecule has 0 saturated carbocycles. The van der Waals surface area contributed by atoms with E-state index in [1.54, 1.807) is 11.8 Å². The van der Waals surface area contributed by atoms with Crippen LogP contribution in [0.5, 0.6) is 0 Å². The van der Waals surface area contributed by atoms with Gasteiger partial charge in [0.05, 0.1) is 0 Å². The van der Waals surface area contributed by atoms with E-state index in [1.807, 2.05) is 37.3 Å². The fourth-order valence-electron chi connectivity index (χ4n) is 2.05. The number of hydrogen-bond acceptors (Lipinski definition) is 2. The van der Waals surface area contributed by atoms with Crippen LogP contribution in [0.3, 0.4) is 0 Å². The Balaban J connectivity index is 2.36. The quantitative estimate of drug-likeness (QED) is 0.836. The number of nitrogens with one attached hydrogen (secondary N) is 1. The number of carbonyl (C=O) groups is 2. The second-order valence-electron chi connectivity index (χ2n) is 4.19. The molecule has 1 fully saturated rings. The number of anilines is 1. The summed E-state index contributed by atoms with van der Waals surface area (Å²) in [6, 6.07) is 8.46. The van der Waals surface area contributed by atoms with Gasteiger partial charge in [0, 0.05) is 5.69 Å². The van der Waals surface area contributed by atoms with Crippen LogP contribution < -0.4 is 10.2 Å². The molecule has 1 aliphatic rings. The molecular formula is C13H16N2O2. The Kier molecular flexibility index (Phi) is 3.13. The highest BCUT2D eigenvalue weighted by Crippen LogP contribution is 2.21. The molecule has 4 nitrogen and oxygen atoms in total. The molecule has 0 aromatic heterocycles. The summed E-state index contributed by atoms with van der Waals surface area (Å²) in [6.07, 6.45) is 0.612. The molecule has 2 unspecified atom stereocenters. The zero-order valence-electron chi connectivity index (χ0n) is 10.0. The first-order chi connectivity index (χ1) is 8.15. The van der Waals surface area contributed by atoms with Crippen LogP contribution in [-0.2, 0) is 9.59 Å². The number of para-hydroxylation sites is 1. The molecule has 2 atom stereocenters. The van der Waals surface area contributed by atoms with Crippen LogP contribution in [0.2, 0.25) is 0 Å². The van der Waals surface area contributed by atoms with Gasteiger partial charge in [-0.05, 0) is 25.5 Å². The van der Waals surface area contributed by atoms with E-state index in [-0.39, 0.29) is 11.8 Å². The average molecular weight is 232 g/mol. The van der Waals surface area contributed by atoms with Crippen molar-refractivity contribution in [3.05, 3.63) is 30.3 Å². The van der Waals surface area contributed by atoms with Gasteiger partial charge in [-0.25, -0.2) is 0 Å². The van der Waals surface area contributed by atoms with Gasteiger partial charge in [-0.1, -0.05) is 25.1 Å². The molecular weight excluding hydrogens is 216 g/mol. The minimum Gasteiger partial charge on any atom is -0.343 e. The molecule has 0 aliphatic carbocycles. The topological polar surface area (TPSA) is 49.4 Å². The normalized spacial score (nSPS) is 24.7. The van der Waals surface area contributed by atoms with E-state index in [1.165, 1.54) is 0 Å². The van der Waals surface area contributed by atoms with E-state index in [0.29, 0.717) is 6.42 Å². The van der Waals surface area contributed by atoms with Gasteiger partial charge in [-0.15, -0.1) is 0 Å². The summed E-state index contributed by atoms with van der Waals surface area (Å²) in [6.45, 7) is 3.63. The Hall–Kier alpha value is -1.84. The molecule has 1 aromatic rings. The van der Waals surface area contributed by atoms with Crippen molar-refractivity contribution in [2.75, 3.05) is 4.90 Å². The first-order valence-corrected chi connectivity index (χ1v) is 5.83. The highest BCUT2D eigenvalue weighted by Gasteiger charge is 2.37. The minimum atomic E-state index is -0.451. The Morgan fingerprint density at radius 1 is 1.24 bits per heavy atom. The van der Waals surface area contributed by atoms with Gasteiger partial charge in [0.25, 0.3) is 0 Å². The number of nitrogens with zero attached hydrogens (tertiary/aromatic N) is 1. The largest absolute Gasteiger partial charge is 0.343 e. The van der Waals surface area contributed by atoms with Gasteiger partial charge in [-0.2, -0.15) is 0 Å². The number of carbonyl (C=O) groups excluding carboxylic acids is 2. The average Bonchev–Trinajstić information content (AvgIpc) is 2.35. The molecule has 0 radical (unpaired) electrons. The van der Waals surface area contributed by atoms with E-state index in [2.05, 4.69) is 5.32 Å². The van der Waals surface area contributed by atoms with Crippen molar-refractivity contribution in [1.82, 2.24) is 5.32 Å². The van der Waals surface area contributed by atoms with Crippen LogP contribution in [0, 0.1) is 0 Å². The minimum absolute atomic E-state index is 0.0363. The van der Waals surface area contributed by atoms with E-state index >= 15 is 0 Å². The first-order valence-electron chi connectivity index (χ1n) is 5.83. The molecule has 90 valence electrons. The second-order valence-corrected chi connectivity index (χ2v) is 4.19. The van der Waals surface area contributed by atoms with E-state index in [0.717, 1.165) is 5.69 Å². The third-order valence-electron chi connectivity index (χ3n) is 3.06. The second kappa shape index (κ2) is 4.57. The Morgan fingerprint density at radius 3 is 2.47 bits per heavy atom. The van der Waals surface area contributed by atoms with Gasteiger partial charge < -0.3 is 5.32 Å². The van der Waals surface area contributed by atoms with Crippen LogP contribution >= 0.6 is 0 Å². The molecule has 4 heteroatoms. The van der Waals surface area contributed by atoms with Gasteiger partial charge >= 0.3 is 0 Å². The summed E-state index contributed by atoms with van der Waals surface area (Å²) in [7, 11) is 0. The molecule has 1 aliphatic heterocycles. The van der Waals surface area contributed by atoms with Crippen LogP contribution in [0.4, 0.5) is 5.69 Å². The van der Waals surface area contributed by atoms with Crippen molar-refractivity contribution in [2.24, 2.45) is 0 Å². The monoisotopic (exact) mass is 232 g/mol. The highest BCUT2D eigenvalue weighted by molar-refractivity contribution is 6.08. The van der Waals surface area contributed by atoms with Crippen LogP contribution in [0.25, 0.3) is 0 Å². The lowest BCUT2D eigenvalue weighted by Gasteiger charge is -2.37. The van der Waals surface area contributed by atoms with Crippen LogP contribution in [-0.4, -0.2) is 23.9 Å². The number of benzene rings is 1. The molecule has 17 heavy (non-hydrogen) atoms. The summed E-state index contributed by atoms with van der Waals surface area (Å²) in [5.74, 6) is -0.133. The van der Waals surface area contributed by atoms with Gasteiger partial charge in [-0.3, -0.25) is 14.5 Å². The maximum Gasteiger partial charge on any atom is 0.250 e. The molecule has 2 rings (SSSR count). The predicted molar refractivity (Wildman–Crippen MR) is 65.6 cm³/mol. The van der Waals surface area contributed by atoms with E-state index < -0.39 is 12.1 Å². The maximum atomic E-state index is 12.2. The zero-order chi connectivity index (χ0) is 12.4. The molecule has 1 aromatic carbocycles. The van der Waals surface area contributed by atoms with Crippen LogP contribution in [0.15, 0.2) is 30.3 Å². The predicted octanol–water partition coefficient (Wildman–Crippen LogP) is 1.32. The standard InChI is InChI=1S/C13H16N2O2/c1-3-11-13(17)15(9(2)12(16)14-11)10-7-5-4-6-8-10/h4-9,11H,3H2,1-2H3,(H,14,16). The lowest BCUT2D eigenvalue weighted by atomic mass is 10.1. The molecule has 2 amide bonds. The summed E-state index contributed by atoms with van der Waals surface area (Å²) in [5.41, 5.74) is 0.776. The summed E-state index contributed by atoms with van der Waals surface area (Å²) >= 11 is 0. The van der Waals surface area contributed by atoms with Crippen molar-refractivity contribution < 1.29 is 9.59 Å². The molecule has 0 bridgehead atoms. The smallest absolute Gasteiger partial charge is 0.250 e. The lowest BCUT2D eigenvalue weighted by Crippen LogP contribution is -2.62. The summed E-state index contributed by atoms with van der Waals surface area (Å²) < 4.78 is 0. The Bertz CT molecular complexity index is 430. The highest BCUT2D eigenvalue weighted by atomic mass is 16.2. The Morgan fingerprint density at radius 2 is 1.88 bits per heavy atom. The number of rotatable bonds is 2. The SMILES string of the molecule is CCC1NC(=O)C(C)N(c2ccccc2)C1=O. The number of amides is 2. The van der Waals surface area contributed by atoms with Crippen LogP contribution in [0.1, 0.15) is 20.3 Å². The molecule has 1 N–H and O–H groups in total. The van der Waals surface area contributed by atoms with Crippen molar-refractivity contribution in [3.63, 3.8) is 0 Å². The Labute approximate surface area is 101 Å². The number of hydrogen-bond donors (Lipinski definition) is 1. The molecule has 0 spiro atoms. The lowest BCUT2D eigenvalue weighted by molar-refractivity contribution is -0.133. The van der Waals surface area contributed by atoms with Gasteiger partial charge in [0.15, 0.2) is 0 Å². The fraction of sp³-hybridized carbons (Fsp3) is 0.385. The van der Waals surface area contributed by atoms with Crippen molar-refractivity contribution >= 4 is 17.5 Å². The summed E-state index contributed by atoms with van der Waals surface area (Å²) in [5, 5.41) is 2.74. The maximum absolute atomic E-state index is 12.2. The van der Waals surface area contributed by atoms with Crippen molar-refractivity contribution in [1.29, 1.82) is 0 Å². The fourth-order valence-corrected chi connectivity index (χ4v) is 2.05. The third kappa shape index (κ3) is 2.02. The van der Waals surface area contributed by atoms with Crippen molar-refractivity contribution in [3.8, 4) is 0 Å². The third-order valence-corrected chi connectivity index (χ3v) is 3.06. The van der Waals surface area contributed by atoms with E-state index in [9.17, 15) is 9.59 Å². The van der Waals surface area contributed by atoms with Gasteiger partial charge in [0.1, 0.15) is 12.1 Å².